The third-order valence-corrected chi connectivity index (χ3v) is 4.79. The summed E-state index contributed by atoms with van der Waals surface area (Å²) in [6.07, 6.45) is 5.06. The van der Waals surface area contributed by atoms with Gasteiger partial charge in [0.05, 0.1) is 36.8 Å². The molecular weight excluding hydrogens is 344 g/mol. The van der Waals surface area contributed by atoms with Crippen LogP contribution in [0.3, 0.4) is 0 Å². The zero-order valence-corrected chi connectivity index (χ0v) is 15.2. The van der Waals surface area contributed by atoms with Gasteiger partial charge in [-0.1, -0.05) is 6.07 Å². The third-order valence-electron chi connectivity index (χ3n) is 4.79. The van der Waals surface area contributed by atoms with Gasteiger partial charge in [-0.3, -0.25) is 14.7 Å². The van der Waals surface area contributed by atoms with E-state index in [1.807, 2.05) is 29.8 Å². The first-order valence-corrected chi connectivity index (χ1v) is 9.00. The average Bonchev–Trinajstić information content (AvgIpc) is 3.10. The van der Waals surface area contributed by atoms with E-state index in [1.165, 1.54) is 0 Å². The maximum absolute atomic E-state index is 12.7. The molecule has 4 heterocycles. The lowest BCUT2D eigenvalue weighted by Crippen LogP contribution is -2.44. The Morgan fingerprint density at radius 1 is 1.26 bits per heavy atom. The highest BCUT2D eigenvalue weighted by Gasteiger charge is 2.24. The van der Waals surface area contributed by atoms with Crippen molar-refractivity contribution in [2.24, 2.45) is 7.05 Å². The zero-order chi connectivity index (χ0) is 18.6. The van der Waals surface area contributed by atoms with E-state index in [0.29, 0.717) is 30.8 Å². The second-order valence-electron chi connectivity index (χ2n) is 6.55. The molecule has 140 valence electrons. The van der Waals surface area contributed by atoms with Crippen LogP contribution in [-0.2, 0) is 11.8 Å². The summed E-state index contributed by atoms with van der Waals surface area (Å²) in [4.78, 5) is 28.1. The summed E-state index contributed by atoms with van der Waals surface area (Å²) in [6, 6.07) is 7.63. The fraction of sp³-hybridized carbons (Fsp3) is 0.368. The summed E-state index contributed by atoms with van der Waals surface area (Å²) in [5.41, 5.74) is 2.91. The molecule has 3 aromatic heterocycles. The first kappa shape index (κ1) is 17.6. The molecule has 0 radical (unpaired) electrons. The molecule has 1 unspecified atom stereocenters. The lowest BCUT2D eigenvalue weighted by molar-refractivity contribution is 0.0154. The molecule has 1 fully saturated rings. The van der Waals surface area contributed by atoms with Gasteiger partial charge in [-0.15, -0.1) is 0 Å². The number of carbonyl (C=O) groups is 1. The first-order valence-electron chi connectivity index (χ1n) is 9.00. The quantitative estimate of drug-likeness (QED) is 0.730. The topological polar surface area (TPSA) is 85.2 Å². The molecule has 0 aromatic carbocycles. The summed E-state index contributed by atoms with van der Waals surface area (Å²) < 4.78 is 7.28. The fourth-order valence-corrected chi connectivity index (χ4v) is 3.31. The van der Waals surface area contributed by atoms with Gasteiger partial charge >= 0.3 is 0 Å². The van der Waals surface area contributed by atoms with E-state index >= 15 is 0 Å². The Morgan fingerprint density at radius 3 is 2.89 bits per heavy atom. The highest BCUT2D eigenvalue weighted by atomic mass is 16.5. The van der Waals surface area contributed by atoms with Gasteiger partial charge in [0.25, 0.3) is 5.91 Å². The van der Waals surface area contributed by atoms with Gasteiger partial charge in [-0.2, -0.15) is 0 Å². The largest absolute Gasteiger partial charge is 0.379 e. The number of imidazole rings is 1. The number of rotatable bonds is 5. The predicted octanol–water partition coefficient (Wildman–Crippen LogP) is 1.17. The van der Waals surface area contributed by atoms with Crippen LogP contribution in [0.4, 0.5) is 0 Å². The van der Waals surface area contributed by atoms with Crippen molar-refractivity contribution in [2.45, 2.75) is 6.04 Å². The van der Waals surface area contributed by atoms with Crippen molar-refractivity contribution < 1.29 is 9.53 Å². The van der Waals surface area contributed by atoms with E-state index in [2.05, 4.69) is 25.2 Å². The van der Waals surface area contributed by atoms with Crippen molar-refractivity contribution in [1.29, 1.82) is 0 Å². The van der Waals surface area contributed by atoms with Crippen LogP contribution in [-0.4, -0.2) is 63.2 Å². The number of hydrogen-bond acceptors (Lipinski definition) is 6. The smallest absolute Gasteiger partial charge is 0.252 e. The number of morpholine rings is 1. The van der Waals surface area contributed by atoms with Gasteiger partial charge in [0.2, 0.25) is 0 Å². The summed E-state index contributed by atoms with van der Waals surface area (Å²) in [5, 5.41) is 3.03. The molecule has 0 aliphatic carbocycles. The highest BCUT2D eigenvalue weighted by molar-refractivity contribution is 5.96. The molecule has 4 rings (SSSR count). The molecule has 1 saturated heterocycles. The summed E-state index contributed by atoms with van der Waals surface area (Å²) in [5.74, 6) is -0.163. The highest BCUT2D eigenvalue weighted by Crippen LogP contribution is 2.19. The summed E-state index contributed by atoms with van der Waals surface area (Å²) in [7, 11) is 1.88. The Morgan fingerprint density at radius 2 is 2.11 bits per heavy atom. The molecule has 0 bridgehead atoms. The number of amides is 1. The SMILES string of the molecule is Cn1cnc2cc(C(=O)NCC(c3ccccn3)N3CCOCC3)cnc21. The average molecular weight is 366 g/mol. The normalized spacial score (nSPS) is 16.3. The molecule has 1 N–H and O–H groups in total. The van der Waals surface area contributed by atoms with E-state index in [9.17, 15) is 4.79 Å². The van der Waals surface area contributed by atoms with Crippen LogP contribution < -0.4 is 5.32 Å². The number of fused-ring (bicyclic) bond motifs is 1. The molecule has 0 spiro atoms. The van der Waals surface area contributed by atoms with Crippen molar-refractivity contribution in [3.63, 3.8) is 0 Å². The Labute approximate surface area is 157 Å². The molecule has 8 nitrogen and oxygen atoms in total. The van der Waals surface area contributed by atoms with Crippen molar-refractivity contribution in [3.05, 3.63) is 54.2 Å². The van der Waals surface area contributed by atoms with Crippen LogP contribution in [0.25, 0.3) is 11.2 Å². The van der Waals surface area contributed by atoms with Gasteiger partial charge < -0.3 is 14.6 Å². The molecule has 1 aliphatic heterocycles. The summed E-state index contributed by atoms with van der Waals surface area (Å²) >= 11 is 0. The molecule has 1 amide bonds. The molecule has 1 atom stereocenters. The van der Waals surface area contributed by atoms with Crippen LogP contribution in [0, 0.1) is 0 Å². The summed E-state index contributed by atoms with van der Waals surface area (Å²) in [6.45, 7) is 3.49. The van der Waals surface area contributed by atoms with E-state index in [4.69, 9.17) is 4.74 Å². The molecule has 1 aliphatic rings. The lowest BCUT2D eigenvalue weighted by Gasteiger charge is -2.34. The van der Waals surface area contributed by atoms with E-state index in [1.54, 1.807) is 24.8 Å². The predicted molar refractivity (Wildman–Crippen MR) is 100 cm³/mol. The lowest BCUT2D eigenvalue weighted by atomic mass is 10.1. The van der Waals surface area contributed by atoms with Crippen molar-refractivity contribution in [1.82, 2.24) is 29.7 Å². The number of pyridine rings is 2. The van der Waals surface area contributed by atoms with E-state index in [0.717, 1.165) is 24.4 Å². The Kier molecular flexibility index (Phi) is 5.08. The van der Waals surface area contributed by atoms with E-state index < -0.39 is 0 Å². The van der Waals surface area contributed by atoms with Gasteiger partial charge in [-0.25, -0.2) is 9.97 Å². The standard InChI is InChI=1S/C19H22N6O2/c1-24-13-23-16-10-14(11-21-18(16)24)19(26)22-12-17(15-4-2-3-5-20-15)25-6-8-27-9-7-25/h2-5,10-11,13,17H,6-9,12H2,1H3,(H,22,26). The fourth-order valence-electron chi connectivity index (χ4n) is 3.31. The van der Waals surface area contributed by atoms with Crippen LogP contribution >= 0.6 is 0 Å². The number of nitrogens with zero attached hydrogens (tertiary/aromatic N) is 5. The van der Waals surface area contributed by atoms with Crippen LogP contribution in [0.1, 0.15) is 22.1 Å². The Bertz CT molecular complexity index is 920. The molecular formula is C19H22N6O2. The van der Waals surface area contributed by atoms with Crippen LogP contribution in [0.15, 0.2) is 43.0 Å². The Hall–Kier alpha value is -2.84. The van der Waals surface area contributed by atoms with Crippen molar-refractivity contribution in [2.75, 3.05) is 32.8 Å². The molecule has 8 heteroatoms. The Balaban J connectivity index is 1.49. The van der Waals surface area contributed by atoms with Crippen LogP contribution in [0.2, 0.25) is 0 Å². The number of nitrogens with one attached hydrogen (secondary N) is 1. The van der Waals surface area contributed by atoms with E-state index in [-0.39, 0.29) is 11.9 Å². The maximum atomic E-state index is 12.7. The maximum Gasteiger partial charge on any atom is 0.252 e. The monoisotopic (exact) mass is 366 g/mol. The molecule has 27 heavy (non-hydrogen) atoms. The minimum atomic E-state index is -0.163. The number of hydrogen-bond donors (Lipinski definition) is 1. The number of carbonyl (C=O) groups excluding carboxylic acids is 1. The number of ether oxygens (including phenoxy) is 1. The number of aryl methyl sites for hydroxylation is 1. The zero-order valence-electron chi connectivity index (χ0n) is 15.2. The minimum Gasteiger partial charge on any atom is -0.379 e. The van der Waals surface area contributed by atoms with Gasteiger partial charge in [-0.05, 0) is 18.2 Å². The molecule has 0 saturated carbocycles. The van der Waals surface area contributed by atoms with Gasteiger partial charge in [0.1, 0.15) is 5.52 Å². The second-order valence-corrected chi connectivity index (χ2v) is 6.55. The minimum absolute atomic E-state index is 0.00518. The number of aromatic nitrogens is 4. The third kappa shape index (κ3) is 3.81. The first-order chi connectivity index (χ1) is 13.2. The van der Waals surface area contributed by atoms with Crippen LogP contribution in [0.5, 0.6) is 0 Å². The molecule has 3 aromatic rings. The second kappa shape index (κ2) is 7.81. The van der Waals surface area contributed by atoms with Gasteiger partial charge in [0.15, 0.2) is 5.65 Å². The van der Waals surface area contributed by atoms with Gasteiger partial charge in [0, 0.05) is 39.1 Å². The van der Waals surface area contributed by atoms with Crippen molar-refractivity contribution >= 4 is 17.1 Å². The van der Waals surface area contributed by atoms with Crippen molar-refractivity contribution in [3.8, 4) is 0 Å².